The lowest BCUT2D eigenvalue weighted by Gasteiger charge is -2.43. The van der Waals surface area contributed by atoms with Crippen LogP contribution in [-0.2, 0) is 27.3 Å². The van der Waals surface area contributed by atoms with E-state index in [1.165, 1.54) is 0 Å². The van der Waals surface area contributed by atoms with Crippen LogP contribution in [-0.4, -0.2) is 70.0 Å². The number of hydrogen-bond acceptors (Lipinski definition) is 5. The predicted octanol–water partition coefficient (Wildman–Crippen LogP) is 2.94. The molecule has 0 bridgehead atoms. The number of nitrogens with zero attached hydrogens (tertiary/aromatic N) is 4. The van der Waals surface area contributed by atoms with Crippen molar-refractivity contribution in [1.82, 2.24) is 19.7 Å². The SMILES string of the molecule is CC(C)COC(=O)N1CCC(=O)N2C[C@@H](Cc3ccccc3)C(=O)N(Cc3ccncc3)CC21. The van der Waals surface area contributed by atoms with Gasteiger partial charge in [-0.3, -0.25) is 19.5 Å². The Morgan fingerprint density at radius 3 is 2.50 bits per heavy atom. The van der Waals surface area contributed by atoms with Crippen LogP contribution in [0, 0.1) is 11.8 Å². The third kappa shape index (κ3) is 5.55. The smallest absolute Gasteiger partial charge is 0.411 e. The summed E-state index contributed by atoms with van der Waals surface area (Å²) in [5, 5.41) is 0. The fourth-order valence-corrected chi connectivity index (χ4v) is 4.56. The Labute approximate surface area is 200 Å². The molecule has 2 atom stereocenters. The van der Waals surface area contributed by atoms with Crippen LogP contribution in [0.4, 0.5) is 4.79 Å². The molecule has 2 fully saturated rings. The lowest BCUT2D eigenvalue weighted by atomic mass is 9.97. The Hall–Kier alpha value is -3.42. The predicted molar refractivity (Wildman–Crippen MR) is 126 cm³/mol. The molecule has 1 aromatic carbocycles. The molecule has 2 aliphatic heterocycles. The Morgan fingerprint density at radius 2 is 1.79 bits per heavy atom. The molecule has 0 spiro atoms. The molecule has 3 amide bonds. The van der Waals surface area contributed by atoms with Gasteiger partial charge < -0.3 is 14.5 Å². The van der Waals surface area contributed by atoms with E-state index in [0.29, 0.717) is 19.6 Å². The van der Waals surface area contributed by atoms with Gasteiger partial charge in [0.15, 0.2) is 0 Å². The van der Waals surface area contributed by atoms with Crippen molar-refractivity contribution in [3.8, 4) is 0 Å². The van der Waals surface area contributed by atoms with E-state index < -0.39 is 18.2 Å². The molecule has 2 aromatic rings. The number of pyridine rings is 1. The van der Waals surface area contributed by atoms with Crippen LogP contribution < -0.4 is 0 Å². The maximum atomic E-state index is 13.7. The minimum Gasteiger partial charge on any atom is -0.449 e. The molecule has 1 unspecified atom stereocenters. The van der Waals surface area contributed by atoms with Gasteiger partial charge >= 0.3 is 6.09 Å². The molecule has 1 aromatic heterocycles. The van der Waals surface area contributed by atoms with Crippen molar-refractivity contribution in [3.05, 3.63) is 66.0 Å². The lowest BCUT2D eigenvalue weighted by Crippen LogP contribution is -2.61. The number of amides is 3. The summed E-state index contributed by atoms with van der Waals surface area (Å²) in [5.74, 6) is -0.238. The molecule has 180 valence electrons. The largest absolute Gasteiger partial charge is 0.449 e. The first kappa shape index (κ1) is 23.7. The zero-order valence-corrected chi connectivity index (χ0v) is 19.8. The van der Waals surface area contributed by atoms with Gasteiger partial charge in [-0.15, -0.1) is 0 Å². The molecule has 2 aliphatic rings. The van der Waals surface area contributed by atoms with Gasteiger partial charge in [0.25, 0.3) is 0 Å². The van der Waals surface area contributed by atoms with Crippen LogP contribution in [0.2, 0.25) is 0 Å². The van der Waals surface area contributed by atoms with Crippen molar-refractivity contribution >= 4 is 17.9 Å². The van der Waals surface area contributed by atoms with Gasteiger partial charge in [0.05, 0.1) is 19.1 Å². The highest BCUT2D eigenvalue weighted by Gasteiger charge is 2.44. The molecule has 8 heteroatoms. The Balaban J connectivity index is 1.63. The van der Waals surface area contributed by atoms with Crippen LogP contribution in [0.25, 0.3) is 0 Å². The van der Waals surface area contributed by atoms with Crippen molar-refractivity contribution in [3.63, 3.8) is 0 Å². The standard InChI is InChI=1S/C26H32N4O4/c1-19(2)18-34-26(33)29-13-10-24(31)30-16-22(14-20-6-4-3-5-7-20)25(32)28(17-23(29)30)15-21-8-11-27-12-9-21/h3-9,11-12,19,22-23H,10,13-18H2,1-2H3/t22-,23?/m1/s1. The van der Waals surface area contributed by atoms with E-state index in [1.54, 1.807) is 27.1 Å². The normalized spacial score (nSPS) is 20.9. The summed E-state index contributed by atoms with van der Waals surface area (Å²) in [6, 6.07) is 13.6. The molecule has 34 heavy (non-hydrogen) atoms. The van der Waals surface area contributed by atoms with E-state index in [2.05, 4.69) is 4.98 Å². The number of hydrogen-bond donors (Lipinski definition) is 0. The summed E-state index contributed by atoms with van der Waals surface area (Å²) in [5.41, 5.74) is 1.99. The summed E-state index contributed by atoms with van der Waals surface area (Å²) >= 11 is 0. The van der Waals surface area contributed by atoms with E-state index in [4.69, 9.17) is 4.74 Å². The van der Waals surface area contributed by atoms with Crippen molar-refractivity contribution in [2.24, 2.45) is 11.8 Å². The highest BCUT2D eigenvalue weighted by Crippen LogP contribution is 2.27. The van der Waals surface area contributed by atoms with Gasteiger partial charge in [-0.25, -0.2) is 4.79 Å². The molecule has 8 nitrogen and oxygen atoms in total. The number of carbonyl (C=O) groups is 3. The summed E-state index contributed by atoms with van der Waals surface area (Å²) in [6.45, 7) is 5.47. The van der Waals surface area contributed by atoms with Crippen LogP contribution in [0.1, 0.15) is 31.4 Å². The molecule has 0 N–H and O–H groups in total. The van der Waals surface area contributed by atoms with Gasteiger partial charge in [-0.1, -0.05) is 44.2 Å². The lowest BCUT2D eigenvalue weighted by molar-refractivity contribution is -0.143. The zero-order chi connectivity index (χ0) is 24.1. The van der Waals surface area contributed by atoms with E-state index >= 15 is 0 Å². The maximum Gasteiger partial charge on any atom is 0.411 e. The van der Waals surface area contributed by atoms with Crippen molar-refractivity contribution in [1.29, 1.82) is 0 Å². The second-order valence-electron chi connectivity index (χ2n) is 9.40. The number of benzene rings is 1. The number of aromatic nitrogens is 1. The molecule has 4 rings (SSSR count). The Bertz CT molecular complexity index is 998. The fraction of sp³-hybridized carbons (Fsp3) is 0.462. The number of rotatable bonds is 6. The maximum absolute atomic E-state index is 13.7. The van der Waals surface area contributed by atoms with E-state index in [0.717, 1.165) is 11.1 Å². The third-order valence-corrected chi connectivity index (χ3v) is 6.29. The highest BCUT2D eigenvalue weighted by molar-refractivity contribution is 5.84. The average molecular weight is 465 g/mol. The van der Waals surface area contributed by atoms with Crippen LogP contribution in [0.3, 0.4) is 0 Å². The number of ether oxygens (including phenoxy) is 1. The van der Waals surface area contributed by atoms with E-state index in [-0.39, 0.29) is 43.8 Å². The summed E-state index contributed by atoms with van der Waals surface area (Å²) in [4.78, 5) is 48.8. The molecule has 0 radical (unpaired) electrons. The zero-order valence-electron chi connectivity index (χ0n) is 19.8. The first-order valence-electron chi connectivity index (χ1n) is 11.9. The summed E-state index contributed by atoms with van der Waals surface area (Å²) in [6.07, 6.45) is 3.17. The Morgan fingerprint density at radius 1 is 1.06 bits per heavy atom. The first-order valence-corrected chi connectivity index (χ1v) is 11.9. The van der Waals surface area contributed by atoms with Crippen LogP contribution in [0.15, 0.2) is 54.9 Å². The molecule has 0 aliphatic carbocycles. The molecule has 0 saturated carbocycles. The fourth-order valence-electron chi connectivity index (χ4n) is 4.56. The third-order valence-electron chi connectivity index (χ3n) is 6.29. The molecular formula is C26H32N4O4. The molecule has 3 heterocycles. The van der Waals surface area contributed by atoms with Crippen molar-refractivity contribution in [2.75, 3.05) is 26.2 Å². The second-order valence-corrected chi connectivity index (χ2v) is 9.40. The second kappa shape index (κ2) is 10.7. The first-order chi connectivity index (χ1) is 16.4. The van der Waals surface area contributed by atoms with E-state index in [1.807, 2.05) is 56.3 Å². The molecular weight excluding hydrogens is 432 g/mol. The minimum atomic E-state index is -0.549. The minimum absolute atomic E-state index is 0.0154. The topological polar surface area (TPSA) is 83.0 Å². The van der Waals surface area contributed by atoms with Crippen LogP contribution in [0.5, 0.6) is 0 Å². The highest BCUT2D eigenvalue weighted by atomic mass is 16.6. The van der Waals surface area contributed by atoms with Crippen molar-refractivity contribution in [2.45, 2.75) is 39.4 Å². The summed E-state index contributed by atoms with van der Waals surface area (Å²) in [7, 11) is 0. The average Bonchev–Trinajstić information content (AvgIpc) is 2.97. The number of carbonyl (C=O) groups excluding carboxylic acids is 3. The van der Waals surface area contributed by atoms with Crippen molar-refractivity contribution < 1.29 is 19.1 Å². The monoisotopic (exact) mass is 464 g/mol. The van der Waals surface area contributed by atoms with Gasteiger partial charge in [0, 0.05) is 38.4 Å². The van der Waals surface area contributed by atoms with E-state index in [9.17, 15) is 14.4 Å². The Kier molecular flexibility index (Phi) is 7.45. The van der Waals surface area contributed by atoms with Crippen LogP contribution >= 0.6 is 0 Å². The summed E-state index contributed by atoms with van der Waals surface area (Å²) < 4.78 is 5.51. The quantitative estimate of drug-likeness (QED) is 0.657. The van der Waals surface area contributed by atoms with Gasteiger partial charge in [-0.2, -0.15) is 0 Å². The van der Waals surface area contributed by atoms with Gasteiger partial charge in [0.1, 0.15) is 6.17 Å². The molecule has 2 saturated heterocycles. The van der Waals surface area contributed by atoms with Gasteiger partial charge in [0.2, 0.25) is 11.8 Å². The van der Waals surface area contributed by atoms with Gasteiger partial charge in [-0.05, 0) is 35.6 Å². The number of fused-ring (bicyclic) bond motifs is 1.